The highest BCUT2D eigenvalue weighted by atomic mass is 19.1. The van der Waals surface area contributed by atoms with Gasteiger partial charge in [-0.05, 0) is 43.0 Å². The minimum absolute atomic E-state index is 0.0187. The number of hydrogen-bond acceptors (Lipinski definition) is 4. The van der Waals surface area contributed by atoms with E-state index in [9.17, 15) is 9.18 Å². The second kappa shape index (κ2) is 9.03. The molecular formula is C24H25FN4O. The smallest absolute Gasteiger partial charge is 0.225 e. The predicted molar refractivity (Wildman–Crippen MR) is 115 cm³/mol. The molecule has 1 amide bonds. The predicted octanol–water partition coefficient (Wildman–Crippen LogP) is 4.12. The zero-order chi connectivity index (χ0) is 20.9. The molecule has 1 aliphatic heterocycles. The molecule has 0 bridgehead atoms. The Morgan fingerprint density at radius 2 is 1.63 bits per heavy atom. The fraction of sp³-hybridized carbons (Fsp3) is 0.292. The van der Waals surface area contributed by atoms with Gasteiger partial charge >= 0.3 is 0 Å². The number of amides is 1. The fourth-order valence-electron chi connectivity index (χ4n) is 3.66. The first-order chi connectivity index (χ1) is 14.6. The quantitative estimate of drug-likeness (QED) is 0.695. The topological polar surface area (TPSA) is 58.1 Å². The van der Waals surface area contributed by atoms with E-state index in [-0.39, 0.29) is 17.6 Å². The van der Waals surface area contributed by atoms with Gasteiger partial charge in [0.2, 0.25) is 11.9 Å². The van der Waals surface area contributed by atoms with Crippen molar-refractivity contribution in [3.8, 4) is 11.1 Å². The van der Waals surface area contributed by atoms with Gasteiger partial charge in [0.05, 0.1) is 0 Å². The van der Waals surface area contributed by atoms with Gasteiger partial charge in [-0.3, -0.25) is 4.79 Å². The van der Waals surface area contributed by atoms with Gasteiger partial charge in [-0.25, -0.2) is 14.4 Å². The first kappa shape index (κ1) is 20.0. The maximum atomic E-state index is 13.1. The highest BCUT2D eigenvalue weighted by Gasteiger charge is 2.26. The summed E-state index contributed by atoms with van der Waals surface area (Å²) >= 11 is 0. The molecule has 5 nitrogen and oxygen atoms in total. The van der Waals surface area contributed by atoms with Crippen LogP contribution in [-0.4, -0.2) is 29.0 Å². The average molecular weight is 404 g/mol. The summed E-state index contributed by atoms with van der Waals surface area (Å²) in [7, 11) is 0. The Kier molecular flexibility index (Phi) is 6.02. The summed E-state index contributed by atoms with van der Waals surface area (Å²) in [5, 5.41) is 3.06. The van der Waals surface area contributed by atoms with Crippen molar-refractivity contribution in [1.82, 2.24) is 15.3 Å². The Morgan fingerprint density at radius 1 is 1.00 bits per heavy atom. The summed E-state index contributed by atoms with van der Waals surface area (Å²) in [5.41, 5.74) is 4.06. The van der Waals surface area contributed by atoms with Gasteiger partial charge in [0.25, 0.3) is 0 Å². The van der Waals surface area contributed by atoms with Crippen molar-refractivity contribution >= 4 is 11.9 Å². The van der Waals surface area contributed by atoms with E-state index in [2.05, 4.69) is 39.2 Å². The van der Waals surface area contributed by atoms with E-state index in [1.165, 1.54) is 17.7 Å². The zero-order valence-electron chi connectivity index (χ0n) is 17.0. The average Bonchev–Trinajstić information content (AvgIpc) is 2.79. The van der Waals surface area contributed by atoms with Gasteiger partial charge in [-0.15, -0.1) is 0 Å². The molecule has 2 heterocycles. The minimum atomic E-state index is -0.262. The lowest BCUT2D eigenvalue weighted by molar-refractivity contribution is -0.125. The molecular weight excluding hydrogens is 379 g/mol. The van der Waals surface area contributed by atoms with Crippen LogP contribution in [0, 0.1) is 18.7 Å². The van der Waals surface area contributed by atoms with E-state index in [4.69, 9.17) is 0 Å². The molecule has 6 heteroatoms. The summed E-state index contributed by atoms with van der Waals surface area (Å²) in [6.07, 6.45) is 5.08. The summed E-state index contributed by atoms with van der Waals surface area (Å²) in [5.74, 6) is 0.537. The fourth-order valence-corrected chi connectivity index (χ4v) is 3.66. The molecule has 30 heavy (non-hydrogen) atoms. The van der Waals surface area contributed by atoms with Gasteiger partial charge in [0.15, 0.2) is 0 Å². The van der Waals surface area contributed by atoms with Crippen LogP contribution in [0.3, 0.4) is 0 Å². The Labute approximate surface area is 176 Å². The lowest BCUT2D eigenvalue weighted by Crippen LogP contribution is -2.41. The van der Waals surface area contributed by atoms with E-state index in [1.807, 2.05) is 12.1 Å². The van der Waals surface area contributed by atoms with Crippen LogP contribution in [-0.2, 0) is 11.3 Å². The number of carbonyl (C=O) groups excluding carboxylic acids is 1. The highest BCUT2D eigenvalue weighted by Crippen LogP contribution is 2.23. The number of piperidine rings is 1. The van der Waals surface area contributed by atoms with E-state index in [0.29, 0.717) is 12.5 Å². The molecule has 1 aliphatic rings. The first-order valence-electron chi connectivity index (χ1n) is 10.2. The van der Waals surface area contributed by atoms with E-state index in [1.54, 1.807) is 24.5 Å². The van der Waals surface area contributed by atoms with Crippen molar-refractivity contribution < 1.29 is 9.18 Å². The van der Waals surface area contributed by atoms with Gasteiger partial charge < -0.3 is 10.2 Å². The zero-order valence-corrected chi connectivity index (χ0v) is 17.0. The number of aryl methyl sites for hydroxylation is 1. The normalized spacial score (nSPS) is 14.5. The van der Waals surface area contributed by atoms with Crippen LogP contribution in [0.15, 0.2) is 60.9 Å². The number of anilines is 1. The Morgan fingerprint density at radius 3 is 2.27 bits per heavy atom. The third-order valence-corrected chi connectivity index (χ3v) is 5.55. The summed E-state index contributed by atoms with van der Waals surface area (Å²) in [4.78, 5) is 23.6. The van der Waals surface area contributed by atoms with Gasteiger partial charge in [-0.2, -0.15) is 0 Å². The molecule has 2 aromatic carbocycles. The van der Waals surface area contributed by atoms with Crippen molar-refractivity contribution in [3.63, 3.8) is 0 Å². The largest absolute Gasteiger partial charge is 0.352 e. The van der Waals surface area contributed by atoms with E-state index in [0.717, 1.165) is 42.6 Å². The lowest BCUT2D eigenvalue weighted by atomic mass is 9.96. The Hall–Kier alpha value is -3.28. The molecule has 0 atom stereocenters. The first-order valence-corrected chi connectivity index (χ1v) is 10.2. The molecule has 154 valence electrons. The second-order valence-electron chi connectivity index (χ2n) is 7.74. The van der Waals surface area contributed by atoms with Crippen LogP contribution < -0.4 is 10.2 Å². The summed E-state index contributed by atoms with van der Waals surface area (Å²) in [6.45, 7) is 4.11. The van der Waals surface area contributed by atoms with Crippen molar-refractivity contribution in [1.29, 1.82) is 0 Å². The molecule has 0 radical (unpaired) electrons. The molecule has 1 N–H and O–H groups in total. The number of hydrogen-bond donors (Lipinski definition) is 1. The number of nitrogens with one attached hydrogen (secondary N) is 1. The molecule has 0 aliphatic carbocycles. The number of halogens is 1. The van der Waals surface area contributed by atoms with Gasteiger partial charge in [-0.1, -0.05) is 42.0 Å². The molecule has 1 fully saturated rings. The third kappa shape index (κ3) is 4.82. The number of rotatable bonds is 5. The van der Waals surface area contributed by atoms with Crippen molar-refractivity contribution in [2.24, 2.45) is 5.92 Å². The maximum absolute atomic E-state index is 13.1. The highest BCUT2D eigenvalue weighted by molar-refractivity contribution is 5.79. The molecule has 3 aromatic rings. The Bertz CT molecular complexity index is 979. The number of benzene rings is 2. The standard InChI is InChI=1S/C24H25FN4O/c1-17-2-4-18(5-3-17)14-26-23(30)20-10-12-29(13-11-20)24-27-15-21(16-28-24)19-6-8-22(25)9-7-19/h2-9,15-16,20H,10-14H2,1H3,(H,26,30). The maximum Gasteiger partial charge on any atom is 0.225 e. The van der Waals surface area contributed by atoms with Crippen molar-refractivity contribution in [2.75, 3.05) is 18.0 Å². The van der Waals surface area contributed by atoms with Crippen LogP contribution >= 0.6 is 0 Å². The van der Waals surface area contributed by atoms with Crippen LogP contribution in [0.4, 0.5) is 10.3 Å². The molecule has 0 saturated carbocycles. The van der Waals surface area contributed by atoms with Crippen LogP contribution in [0.2, 0.25) is 0 Å². The van der Waals surface area contributed by atoms with Crippen LogP contribution in [0.25, 0.3) is 11.1 Å². The van der Waals surface area contributed by atoms with Crippen molar-refractivity contribution in [2.45, 2.75) is 26.3 Å². The van der Waals surface area contributed by atoms with Gasteiger partial charge in [0.1, 0.15) is 5.82 Å². The van der Waals surface area contributed by atoms with E-state index < -0.39 is 0 Å². The Balaban J connectivity index is 1.29. The number of aromatic nitrogens is 2. The molecule has 1 aromatic heterocycles. The molecule has 0 unspecified atom stereocenters. The SMILES string of the molecule is Cc1ccc(CNC(=O)C2CCN(c3ncc(-c4ccc(F)cc4)cn3)CC2)cc1. The minimum Gasteiger partial charge on any atom is -0.352 e. The number of nitrogens with zero attached hydrogens (tertiary/aromatic N) is 3. The summed E-state index contributed by atoms with van der Waals surface area (Å²) < 4.78 is 13.1. The second-order valence-corrected chi connectivity index (χ2v) is 7.74. The number of carbonyl (C=O) groups is 1. The van der Waals surface area contributed by atoms with Gasteiger partial charge in [0, 0.05) is 43.5 Å². The van der Waals surface area contributed by atoms with Crippen LogP contribution in [0.5, 0.6) is 0 Å². The lowest BCUT2D eigenvalue weighted by Gasteiger charge is -2.31. The third-order valence-electron chi connectivity index (χ3n) is 5.55. The monoisotopic (exact) mass is 404 g/mol. The molecule has 1 saturated heterocycles. The van der Waals surface area contributed by atoms with Crippen molar-refractivity contribution in [3.05, 3.63) is 77.9 Å². The van der Waals surface area contributed by atoms with E-state index >= 15 is 0 Å². The molecule has 4 rings (SSSR count). The van der Waals surface area contributed by atoms with Crippen LogP contribution in [0.1, 0.15) is 24.0 Å². The molecule has 0 spiro atoms. The summed E-state index contributed by atoms with van der Waals surface area (Å²) in [6, 6.07) is 14.5.